The minimum Gasteiger partial charge on any atom is -0.376 e. The van der Waals surface area contributed by atoms with Gasteiger partial charge in [0.05, 0.1) is 30.4 Å². The molecule has 3 aromatic rings. The van der Waals surface area contributed by atoms with Crippen molar-refractivity contribution in [3.05, 3.63) is 93.2 Å². The highest BCUT2D eigenvalue weighted by Crippen LogP contribution is 2.39. The van der Waals surface area contributed by atoms with Crippen molar-refractivity contribution in [2.24, 2.45) is 0 Å². The van der Waals surface area contributed by atoms with Crippen LogP contribution in [0.2, 0.25) is 0 Å². The summed E-state index contributed by atoms with van der Waals surface area (Å²) < 4.78 is 61.3. The van der Waals surface area contributed by atoms with Crippen LogP contribution in [-0.2, 0) is 22.9 Å². The van der Waals surface area contributed by atoms with Crippen LogP contribution in [0.3, 0.4) is 0 Å². The van der Waals surface area contributed by atoms with Crippen molar-refractivity contribution in [3.63, 3.8) is 0 Å². The van der Waals surface area contributed by atoms with E-state index in [0.29, 0.717) is 33.3 Å². The number of nitrogens with one attached hydrogen (secondary N) is 1. The van der Waals surface area contributed by atoms with Gasteiger partial charge in [0.2, 0.25) is 0 Å². The molecule has 0 spiro atoms. The van der Waals surface area contributed by atoms with Crippen LogP contribution < -0.4 is 5.32 Å². The summed E-state index contributed by atoms with van der Waals surface area (Å²) in [6.07, 6.45) is -2.99. The van der Waals surface area contributed by atoms with Gasteiger partial charge in [0, 0.05) is 9.89 Å². The Balaban J connectivity index is 1.59. The van der Waals surface area contributed by atoms with Gasteiger partial charge in [0.15, 0.2) is 0 Å². The van der Waals surface area contributed by atoms with Crippen LogP contribution in [0.4, 0.5) is 17.6 Å². The van der Waals surface area contributed by atoms with Crippen molar-refractivity contribution < 1.29 is 22.3 Å². The zero-order valence-corrected chi connectivity index (χ0v) is 20.3. The quantitative estimate of drug-likeness (QED) is 0.339. The topological polar surface area (TPSA) is 45.0 Å². The molecule has 0 unspecified atom stereocenters. The van der Waals surface area contributed by atoms with Crippen LogP contribution in [-0.4, -0.2) is 19.7 Å². The number of benzene rings is 3. The van der Waals surface area contributed by atoms with Gasteiger partial charge in [-0.15, -0.1) is 0 Å². The van der Waals surface area contributed by atoms with Gasteiger partial charge in [-0.1, -0.05) is 34.1 Å². The SMILES string of the molecule is N#Cc1ccc(-c2cc(COCC3(c4ccc(F)cc4Br)CCNCC3)cc(C(F)(F)F)c2)cc1. The average molecular weight is 547 g/mol. The molecule has 0 aliphatic carbocycles. The molecule has 0 aromatic heterocycles. The Hall–Kier alpha value is -2.73. The monoisotopic (exact) mass is 546 g/mol. The van der Waals surface area contributed by atoms with Crippen molar-refractivity contribution in [1.82, 2.24) is 5.32 Å². The maximum absolute atomic E-state index is 13.7. The largest absolute Gasteiger partial charge is 0.416 e. The summed E-state index contributed by atoms with van der Waals surface area (Å²) in [5.41, 5.74) is 1.63. The van der Waals surface area contributed by atoms with Crippen molar-refractivity contribution in [2.75, 3.05) is 19.7 Å². The van der Waals surface area contributed by atoms with Crippen molar-refractivity contribution >= 4 is 15.9 Å². The Labute approximate surface area is 209 Å². The maximum atomic E-state index is 13.7. The molecule has 0 radical (unpaired) electrons. The molecule has 1 fully saturated rings. The van der Waals surface area contributed by atoms with Crippen LogP contribution in [0.1, 0.15) is 35.1 Å². The van der Waals surface area contributed by atoms with Crippen LogP contribution in [0.15, 0.2) is 65.1 Å². The van der Waals surface area contributed by atoms with Crippen LogP contribution in [0, 0.1) is 17.1 Å². The van der Waals surface area contributed by atoms with Crippen LogP contribution in [0.25, 0.3) is 11.1 Å². The van der Waals surface area contributed by atoms with Gasteiger partial charge in [-0.25, -0.2) is 4.39 Å². The van der Waals surface area contributed by atoms with E-state index in [0.717, 1.165) is 43.6 Å². The summed E-state index contributed by atoms with van der Waals surface area (Å²) in [5, 5.41) is 12.3. The molecular formula is C27H23BrF4N2O. The van der Waals surface area contributed by atoms with E-state index in [1.165, 1.54) is 12.1 Å². The first-order chi connectivity index (χ1) is 16.7. The molecule has 1 saturated heterocycles. The molecule has 35 heavy (non-hydrogen) atoms. The van der Waals surface area contributed by atoms with Crippen molar-refractivity contribution in [1.29, 1.82) is 5.26 Å². The molecular weight excluding hydrogens is 524 g/mol. The summed E-state index contributed by atoms with van der Waals surface area (Å²) in [7, 11) is 0. The fourth-order valence-corrected chi connectivity index (χ4v) is 5.29. The molecule has 0 amide bonds. The van der Waals surface area contributed by atoms with Gasteiger partial charge >= 0.3 is 6.18 Å². The predicted octanol–water partition coefficient (Wildman–Crippen LogP) is 6.98. The van der Waals surface area contributed by atoms with Crippen molar-refractivity contribution in [3.8, 4) is 17.2 Å². The lowest BCUT2D eigenvalue weighted by Gasteiger charge is -2.38. The second-order valence-corrected chi connectivity index (χ2v) is 9.61. The molecule has 0 saturated carbocycles. The van der Waals surface area contributed by atoms with Gasteiger partial charge in [-0.2, -0.15) is 18.4 Å². The molecule has 8 heteroatoms. The second kappa shape index (κ2) is 10.5. The average Bonchev–Trinajstić information content (AvgIpc) is 2.84. The minimum atomic E-state index is -4.51. The van der Waals surface area contributed by atoms with Gasteiger partial charge in [-0.05, 0) is 90.6 Å². The second-order valence-electron chi connectivity index (χ2n) is 8.75. The molecule has 1 heterocycles. The highest BCUT2D eigenvalue weighted by Gasteiger charge is 2.36. The number of nitrogens with zero attached hydrogens (tertiary/aromatic N) is 1. The Kier molecular flexibility index (Phi) is 7.60. The standard InChI is InChI=1S/C27H23BrF4N2O/c28-25-14-23(29)5-6-24(25)26(7-9-34-10-8-26)17-35-16-19-11-21(13-22(12-19)27(30,31)32)20-3-1-18(15-33)2-4-20/h1-6,11-14,34H,7-10,16-17H2. The molecule has 4 rings (SSSR count). The van der Waals surface area contributed by atoms with E-state index in [1.54, 1.807) is 36.4 Å². The molecule has 0 atom stereocenters. The summed E-state index contributed by atoms with van der Waals surface area (Å²) in [5.74, 6) is -0.343. The minimum absolute atomic E-state index is 0.00118. The van der Waals surface area contributed by atoms with Gasteiger partial charge in [0.25, 0.3) is 0 Å². The molecule has 182 valence electrons. The van der Waals surface area contributed by atoms with E-state index in [-0.39, 0.29) is 17.8 Å². The Morgan fingerprint density at radius 1 is 0.971 bits per heavy atom. The van der Waals surface area contributed by atoms with E-state index in [1.807, 2.05) is 6.07 Å². The van der Waals surface area contributed by atoms with Crippen LogP contribution in [0.5, 0.6) is 0 Å². The molecule has 0 bridgehead atoms. The van der Waals surface area contributed by atoms with Crippen molar-refractivity contribution in [2.45, 2.75) is 31.0 Å². The zero-order valence-electron chi connectivity index (χ0n) is 18.8. The number of hydrogen-bond donors (Lipinski definition) is 1. The molecule has 3 aromatic carbocycles. The number of piperidine rings is 1. The third-order valence-corrected chi connectivity index (χ3v) is 7.03. The number of rotatable bonds is 6. The predicted molar refractivity (Wildman–Crippen MR) is 129 cm³/mol. The number of ether oxygens (including phenoxy) is 1. The normalized spacial score (nSPS) is 15.5. The summed E-state index contributed by atoms with van der Waals surface area (Å²) >= 11 is 3.47. The first-order valence-corrected chi connectivity index (χ1v) is 12.0. The van der Waals surface area contributed by atoms with E-state index in [9.17, 15) is 17.6 Å². The lowest BCUT2D eigenvalue weighted by Crippen LogP contribution is -2.43. The molecule has 1 aliphatic rings. The summed E-state index contributed by atoms with van der Waals surface area (Å²) in [6.45, 7) is 1.82. The smallest absolute Gasteiger partial charge is 0.376 e. The lowest BCUT2D eigenvalue weighted by atomic mass is 9.74. The fraction of sp³-hybridized carbons (Fsp3) is 0.296. The zero-order chi connectivity index (χ0) is 25.1. The number of halogens is 5. The summed E-state index contributed by atoms with van der Waals surface area (Å²) in [6, 6.07) is 16.9. The number of alkyl halides is 3. The summed E-state index contributed by atoms with van der Waals surface area (Å²) in [4.78, 5) is 0. The third-order valence-electron chi connectivity index (χ3n) is 6.38. The first-order valence-electron chi connectivity index (χ1n) is 11.2. The first kappa shape index (κ1) is 25.4. The van der Waals surface area contributed by atoms with Gasteiger partial charge < -0.3 is 10.1 Å². The Bertz CT molecular complexity index is 1230. The molecule has 3 nitrogen and oxygen atoms in total. The highest BCUT2D eigenvalue weighted by atomic mass is 79.9. The fourth-order valence-electron chi connectivity index (χ4n) is 4.52. The number of hydrogen-bond acceptors (Lipinski definition) is 3. The van der Waals surface area contributed by atoms with Crippen LogP contribution >= 0.6 is 15.9 Å². The maximum Gasteiger partial charge on any atom is 0.416 e. The molecule has 1 N–H and O–H groups in total. The number of nitriles is 1. The highest BCUT2D eigenvalue weighted by molar-refractivity contribution is 9.10. The van der Waals surface area contributed by atoms with Gasteiger partial charge in [0.1, 0.15) is 5.82 Å². The van der Waals surface area contributed by atoms with E-state index < -0.39 is 11.7 Å². The Morgan fingerprint density at radius 3 is 2.31 bits per heavy atom. The van der Waals surface area contributed by atoms with E-state index in [4.69, 9.17) is 10.00 Å². The van der Waals surface area contributed by atoms with Gasteiger partial charge in [-0.3, -0.25) is 0 Å². The lowest BCUT2D eigenvalue weighted by molar-refractivity contribution is -0.137. The molecule has 1 aliphatic heterocycles. The van der Waals surface area contributed by atoms with E-state index in [2.05, 4.69) is 21.2 Å². The third kappa shape index (κ3) is 5.92. The van der Waals surface area contributed by atoms with E-state index >= 15 is 0 Å². The Morgan fingerprint density at radius 2 is 1.69 bits per heavy atom.